The molecule has 0 aliphatic heterocycles. The second-order valence-electron chi connectivity index (χ2n) is 5.96. The van der Waals surface area contributed by atoms with Crippen molar-refractivity contribution in [3.63, 3.8) is 0 Å². The standard InChI is InChI=1S/C21H28N2O4S/c1-6-26-18-11-8-15(12-20(18)27-7-2)14(3)22-21(28)23-17-10-9-16(24-4)13-19(17)25-5/h8-14H,6-7H2,1-5H3,(H2,22,23,28)/t14-/m0/s1. The van der Waals surface area contributed by atoms with Gasteiger partial charge >= 0.3 is 0 Å². The van der Waals surface area contributed by atoms with Crippen molar-refractivity contribution in [2.45, 2.75) is 26.8 Å². The maximum absolute atomic E-state index is 5.70. The van der Waals surface area contributed by atoms with Crippen LogP contribution >= 0.6 is 12.2 Å². The van der Waals surface area contributed by atoms with E-state index in [2.05, 4.69) is 10.6 Å². The highest BCUT2D eigenvalue weighted by molar-refractivity contribution is 7.80. The van der Waals surface area contributed by atoms with Crippen LogP contribution in [0.3, 0.4) is 0 Å². The van der Waals surface area contributed by atoms with E-state index in [9.17, 15) is 0 Å². The molecule has 0 radical (unpaired) electrons. The molecule has 2 aromatic rings. The summed E-state index contributed by atoms with van der Waals surface area (Å²) in [6.07, 6.45) is 0. The number of methoxy groups -OCH3 is 2. The maximum atomic E-state index is 5.70. The topological polar surface area (TPSA) is 61.0 Å². The largest absolute Gasteiger partial charge is 0.497 e. The van der Waals surface area contributed by atoms with Crippen LogP contribution in [0.5, 0.6) is 23.0 Å². The van der Waals surface area contributed by atoms with Crippen LogP contribution in [-0.2, 0) is 0 Å². The number of benzene rings is 2. The minimum absolute atomic E-state index is 0.0286. The molecule has 6 nitrogen and oxygen atoms in total. The van der Waals surface area contributed by atoms with Gasteiger partial charge in [-0.2, -0.15) is 0 Å². The number of rotatable bonds is 9. The number of thiocarbonyl (C=S) groups is 1. The summed E-state index contributed by atoms with van der Waals surface area (Å²) in [7, 11) is 3.22. The average Bonchev–Trinajstić information content (AvgIpc) is 2.69. The third-order valence-corrected chi connectivity index (χ3v) is 4.29. The molecule has 0 aromatic heterocycles. The van der Waals surface area contributed by atoms with Gasteiger partial charge in [0, 0.05) is 6.07 Å². The SMILES string of the molecule is CCOc1ccc([C@H](C)NC(=S)Nc2ccc(OC)cc2OC)cc1OCC. The zero-order chi connectivity index (χ0) is 20.5. The predicted molar refractivity (Wildman–Crippen MR) is 116 cm³/mol. The van der Waals surface area contributed by atoms with Gasteiger partial charge in [-0.25, -0.2) is 0 Å². The Hall–Kier alpha value is -2.67. The van der Waals surface area contributed by atoms with Crippen LogP contribution in [0.1, 0.15) is 32.4 Å². The Kier molecular flexibility index (Phi) is 8.19. The molecule has 28 heavy (non-hydrogen) atoms. The maximum Gasteiger partial charge on any atom is 0.171 e. The first-order valence-corrected chi connectivity index (χ1v) is 9.62. The van der Waals surface area contributed by atoms with E-state index in [0.717, 1.165) is 22.7 Å². The van der Waals surface area contributed by atoms with Gasteiger partial charge in [-0.1, -0.05) is 6.07 Å². The van der Waals surface area contributed by atoms with Crippen molar-refractivity contribution in [3.8, 4) is 23.0 Å². The summed E-state index contributed by atoms with van der Waals surface area (Å²) >= 11 is 5.47. The molecular weight excluding hydrogens is 376 g/mol. The molecule has 2 N–H and O–H groups in total. The van der Waals surface area contributed by atoms with Crippen LogP contribution in [0.25, 0.3) is 0 Å². The zero-order valence-corrected chi connectivity index (χ0v) is 17.8. The van der Waals surface area contributed by atoms with Crippen molar-refractivity contribution >= 4 is 23.0 Å². The van der Waals surface area contributed by atoms with Crippen molar-refractivity contribution in [3.05, 3.63) is 42.0 Å². The van der Waals surface area contributed by atoms with Crippen molar-refractivity contribution in [2.75, 3.05) is 32.8 Å². The number of hydrogen-bond donors (Lipinski definition) is 2. The lowest BCUT2D eigenvalue weighted by atomic mass is 10.1. The molecule has 0 spiro atoms. The smallest absolute Gasteiger partial charge is 0.171 e. The Labute approximate surface area is 172 Å². The van der Waals surface area contributed by atoms with Gasteiger partial charge in [-0.15, -0.1) is 0 Å². The fraction of sp³-hybridized carbons (Fsp3) is 0.381. The molecule has 0 aliphatic carbocycles. The summed E-state index contributed by atoms with van der Waals surface area (Å²) in [5.74, 6) is 2.83. The monoisotopic (exact) mass is 404 g/mol. The summed E-state index contributed by atoms with van der Waals surface area (Å²) in [5.41, 5.74) is 1.80. The molecule has 0 unspecified atom stereocenters. The summed E-state index contributed by atoms with van der Waals surface area (Å²) < 4.78 is 21.9. The number of ether oxygens (including phenoxy) is 4. The van der Waals surface area contributed by atoms with Crippen LogP contribution in [0.2, 0.25) is 0 Å². The summed E-state index contributed by atoms with van der Waals surface area (Å²) in [6, 6.07) is 11.4. The molecule has 7 heteroatoms. The van der Waals surface area contributed by atoms with Crippen LogP contribution in [0.4, 0.5) is 5.69 Å². The Morgan fingerprint density at radius 1 is 0.929 bits per heavy atom. The van der Waals surface area contributed by atoms with Gasteiger partial charge in [-0.05, 0) is 62.8 Å². The van der Waals surface area contributed by atoms with Gasteiger partial charge in [0.05, 0.1) is 39.2 Å². The van der Waals surface area contributed by atoms with Crippen molar-refractivity contribution in [1.29, 1.82) is 0 Å². The average molecular weight is 405 g/mol. The van der Waals surface area contributed by atoms with E-state index in [1.165, 1.54) is 0 Å². The predicted octanol–water partition coefficient (Wildman–Crippen LogP) is 4.55. The van der Waals surface area contributed by atoms with Crippen LogP contribution in [0, 0.1) is 0 Å². The Balaban J connectivity index is 2.09. The van der Waals surface area contributed by atoms with Gasteiger partial charge in [-0.3, -0.25) is 0 Å². The third-order valence-electron chi connectivity index (χ3n) is 4.07. The molecule has 0 bridgehead atoms. The lowest BCUT2D eigenvalue weighted by Crippen LogP contribution is -2.31. The highest BCUT2D eigenvalue weighted by Gasteiger charge is 2.13. The molecule has 1 atom stereocenters. The van der Waals surface area contributed by atoms with E-state index in [4.69, 9.17) is 31.2 Å². The molecular formula is C21H28N2O4S. The fourth-order valence-electron chi connectivity index (χ4n) is 2.68. The second-order valence-corrected chi connectivity index (χ2v) is 6.37. The zero-order valence-electron chi connectivity index (χ0n) is 17.0. The van der Waals surface area contributed by atoms with Gasteiger partial charge in [0.15, 0.2) is 16.6 Å². The first kappa shape index (κ1) is 21.6. The van der Waals surface area contributed by atoms with Crippen molar-refractivity contribution in [1.82, 2.24) is 5.32 Å². The van der Waals surface area contributed by atoms with Crippen LogP contribution in [-0.4, -0.2) is 32.5 Å². The van der Waals surface area contributed by atoms with E-state index in [1.54, 1.807) is 20.3 Å². The molecule has 0 fully saturated rings. The Bertz CT molecular complexity index is 798. The number of nitrogens with one attached hydrogen (secondary N) is 2. The fourth-order valence-corrected chi connectivity index (χ4v) is 2.96. The molecule has 152 valence electrons. The highest BCUT2D eigenvalue weighted by atomic mass is 32.1. The van der Waals surface area contributed by atoms with E-state index in [1.807, 2.05) is 51.1 Å². The Morgan fingerprint density at radius 3 is 2.29 bits per heavy atom. The van der Waals surface area contributed by atoms with Crippen LogP contribution < -0.4 is 29.6 Å². The van der Waals surface area contributed by atoms with E-state index >= 15 is 0 Å². The minimum Gasteiger partial charge on any atom is -0.497 e. The Morgan fingerprint density at radius 2 is 1.64 bits per heavy atom. The van der Waals surface area contributed by atoms with Crippen molar-refractivity contribution in [2.24, 2.45) is 0 Å². The first-order chi connectivity index (χ1) is 13.5. The van der Waals surface area contributed by atoms with Crippen molar-refractivity contribution < 1.29 is 18.9 Å². The molecule has 0 saturated carbocycles. The van der Waals surface area contributed by atoms with E-state index in [-0.39, 0.29) is 6.04 Å². The number of hydrogen-bond acceptors (Lipinski definition) is 5. The molecule has 0 saturated heterocycles. The van der Waals surface area contributed by atoms with Gasteiger partial charge in [0.25, 0.3) is 0 Å². The third kappa shape index (κ3) is 5.66. The van der Waals surface area contributed by atoms with Crippen LogP contribution in [0.15, 0.2) is 36.4 Å². The van der Waals surface area contributed by atoms with Gasteiger partial charge in [0.1, 0.15) is 11.5 Å². The van der Waals surface area contributed by atoms with Gasteiger partial charge in [0.2, 0.25) is 0 Å². The molecule has 2 rings (SSSR count). The molecule has 0 amide bonds. The lowest BCUT2D eigenvalue weighted by molar-refractivity contribution is 0.287. The second kappa shape index (κ2) is 10.6. The normalized spacial score (nSPS) is 11.3. The van der Waals surface area contributed by atoms with Gasteiger partial charge < -0.3 is 29.6 Å². The summed E-state index contributed by atoms with van der Waals surface area (Å²) in [5, 5.41) is 6.94. The highest BCUT2D eigenvalue weighted by Crippen LogP contribution is 2.31. The summed E-state index contributed by atoms with van der Waals surface area (Å²) in [6.45, 7) is 7.09. The molecule has 0 heterocycles. The summed E-state index contributed by atoms with van der Waals surface area (Å²) in [4.78, 5) is 0. The lowest BCUT2D eigenvalue weighted by Gasteiger charge is -2.20. The quantitative estimate of drug-likeness (QED) is 0.595. The number of anilines is 1. The van der Waals surface area contributed by atoms with E-state index < -0.39 is 0 Å². The van der Waals surface area contributed by atoms with E-state index in [0.29, 0.717) is 29.8 Å². The molecule has 0 aliphatic rings. The molecule has 2 aromatic carbocycles. The minimum atomic E-state index is -0.0286. The first-order valence-electron chi connectivity index (χ1n) is 9.21.